The molecule has 4 rings (SSSR count). The average Bonchev–Trinajstić information content (AvgIpc) is 3.05. The third-order valence-electron chi connectivity index (χ3n) is 5.83. The molecule has 1 atom stereocenters. The van der Waals surface area contributed by atoms with Gasteiger partial charge in [0.25, 0.3) is 11.8 Å². The lowest BCUT2D eigenvalue weighted by Crippen LogP contribution is -2.50. The topological polar surface area (TPSA) is 104 Å². The van der Waals surface area contributed by atoms with Crippen molar-refractivity contribution < 1.29 is 14.4 Å². The number of anilines is 3. The first-order valence-electron chi connectivity index (χ1n) is 11.3. The highest BCUT2D eigenvalue weighted by molar-refractivity contribution is 6.23. The quantitative estimate of drug-likeness (QED) is 0.511. The minimum absolute atomic E-state index is 0.280. The first-order valence-corrected chi connectivity index (χ1v) is 11.3. The molecule has 0 saturated carbocycles. The largest absolute Gasteiger partial charge is 0.340 e. The molecule has 2 aromatic carbocycles. The van der Waals surface area contributed by atoms with Gasteiger partial charge in [-0.1, -0.05) is 39.0 Å². The van der Waals surface area contributed by atoms with Gasteiger partial charge in [0.15, 0.2) is 0 Å². The summed E-state index contributed by atoms with van der Waals surface area (Å²) in [5.74, 6) is -0.939. The van der Waals surface area contributed by atoms with Crippen LogP contribution >= 0.6 is 0 Å². The summed E-state index contributed by atoms with van der Waals surface area (Å²) in [4.78, 5) is 48.9. The van der Waals surface area contributed by atoms with Crippen LogP contribution in [-0.2, 0) is 11.2 Å². The molecule has 3 aromatic rings. The Kier molecular flexibility index (Phi) is 6.40. The second-order valence-corrected chi connectivity index (χ2v) is 8.60. The van der Waals surface area contributed by atoms with Crippen LogP contribution in [0.4, 0.5) is 17.2 Å². The van der Waals surface area contributed by atoms with E-state index in [1.54, 1.807) is 24.3 Å². The number of imide groups is 1. The van der Waals surface area contributed by atoms with Gasteiger partial charge >= 0.3 is 0 Å². The number of nitrogens with zero attached hydrogens (tertiary/aromatic N) is 3. The molecule has 174 valence electrons. The zero-order valence-corrected chi connectivity index (χ0v) is 19.6. The molecule has 0 bridgehead atoms. The Bertz CT molecular complexity index is 1240. The van der Waals surface area contributed by atoms with E-state index < -0.39 is 23.8 Å². The number of benzene rings is 2. The predicted molar refractivity (Wildman–Crippen MR) is 130 cm³/mol. The van der Waals surface area contributed by atoms with Crippen molar-refractivity contribution in [2.75, 3.05) is 10.6 Å². The first kappa shape index (κ1) is 23.1. The van der Waals surface area contributed by atoms with E-state index in [9.17, 15) is 14.4 Å². The van der Waals surface area contributed by atoms with Crippen LogP contribution in [-0.4, -0.2) is 38.6 Å². The molecule has 2 N–H and O–H groups in total. The van der Waals surface area contributed by atoms with Crippen molar-refractivity contribution in [3.63, 3.8) is 0 Å². The van der Waals surface area contributed by atoms with Crippen molar-refractivity contribution in [1.29, 1.82) is 0 Å². The van der Waals surface area contributed by atoms with Crippen LogP contribution in [0.15, 0.2) is 54.9 Å². The minimum Gasteiger partial charge on any atom is -0.340 e. The molecule has 0 saturated heterocycles. The molecule has 1 aromatic heterocycles. The minimum atomic E-state index is -0.946. The molecule has 2 heterocycles. The highest BCUT2D eigenvalue weighted by Crippen LogP contribution is 2.29. The monoisotopic (exact) mass is 457 g/mol. The van der Waals surface area contributed by atoms with Crippen LogP contribution in [0, 0.1) is 12.8 Å². The fourth-order valence-corrected chi connectivity index (χ4v) is 4.13. The number of hydrogen-bond acceptors (Lipinski definition) is 6. The fraction of sp³-hybridized carbons (Fsp3) is 0.269. The summed E-state index contributed by atoms with van der Waals surface area (Å²) < 4.78 is 0. The lowest BCUT2D eigenvalue weighted by atomic mass is 10.0. The summed E-state index contributed by atoms with van der Waals surface area (Å²) in [6.45, 7) is 7.52. The van der Waals surface area contributed by atoms with Gasteiger partial charge in [0.05, 0.1) is 11.1 Å². The molecule has 1 aliphatic rings. The summed E-state index contributed by atoms with van der Waals surface area (Å²) in [7, 11) is 0. The second kappa shape index (κ2) is 9.43. The van der Waals surface area contributed by atoms with Gasteiger partial charge in [-0.25, -0.2) is 9.97 Å². The molecular weight excluding hydrogens is 430 g/mol. The fourth-order valence-electron chi connectivity index (χ4n) is 4.13. The summed E-state index contributed by atoms with van der Waals surface area (Å²) in [6, 6.07) is 13.2. The van der Waals surface area contributed by atoms with Gasteiger partial charge in [-0.3, -0.25) is 19.3 Å². The van der Waals surface area contributed by atoms with Crippen LogP contribution in [0.25, 0.3) is 0 Å². The number of nitrogens with one attached hydrogen (secondary N) is 2. The van der Waals surface area contributed by atoms with Crippen LogP contribution in [0.2, 0.25) is 0 Å². The molecule has 8 heteroatoms. The Labute approximate surface area is 198 Å². The van der Waals surface area contributed by atoms with Crippen molar-refractivity contribution in [3.8, 4) is 0 Å². The van der Waals surface area contributed by atoms with Crippen LogP contribution in [0.1, 0.15) is 52.7 Å². The van der Waals surface area contributed by atoms with Gasteiger partial charge in [-0.05, 0) is 49.1 Å². The second-order valence-electron chi connectivity index (χ2n) is 8.60. The zero-order valence-electron chi connectivity index (χ0n) is 19.6. The SMILES string of the molecule is CCc1ccc(Nc2cc(C)ncn2)cc1NC(=O)C(C(C)C)N1C(=O)c2ccccc2C1=O. The summed E-state index contributed by atoms with van der Waals surface area (Å²) in [5.41, 5.74) is 3.77. The molecule has 8 nitrogen and oxygen atoms in total. The summed E-state index contributed by atoms with van der Waals surface area (Å²) in [6.07, 6.45) is 2.18. The molecule has 0 aliphatic carbocycles. The smallest absolute Gasteiger partial charge is 0.262 e. The Morgan fingerprint density at radius 3 is 2.26 bits per heavy atom. The molecule has 0 radical (unpaired) electrons. The Hall–Kier alpha value is -4.07. The van der Waals surface area contributed by atoms with Gasteiger partial charge in [-0.15, -0.1) is 0 Å². The molecular formula is C26H27N5O3. The first-order chi connectivity index (χ1) is 16.3. The molecule has 34 heavy (non-hydrogen) atoms. The number of aryl methyl sites for hydroxylation is 2. The number of aromatic nitrogens is 2. The van der Waals surface area contributed by atoms with Gasteiger partial charge < -0.3 is 10.6 Å². The zero-order chi connectivity index (χ0) is 24.4. The highest BCUT2D eigenvalue weighted by Gasteiger charge is 2.44. The van der Waals surface area contributed by atoms with Crippen LogP contribution < -0.4 is 10.6 Å². The van der Waals surface area contributed by atoms with Gasteiger partial charge in [0.1, 0.15) is 18.2 Å². The standard InChI is InChI=1S/C26H27N5O3/c1-5-17-10-11-18(29-22-12-16(4)27-14-28-22)13-21(17)30-24(32)23(15(2)3)31-25(33)19-8-6-7-9-20(19)26(31)34/h6-15,23H,5H2,1-4H3,(H,30,32)(H,27,28,29). The van der Waals surface area contributed by atoms with E-state index in [4.69, 9.17) is 0 Å². The van der Waals surface area contributed by atoms with Crippen molar-refractivity contribution in [1.82, 2.24) is 14.9 Å². The molecule has 1 aliphatic heterocycles. The Balaban J connectivity index is 1.61. The number of carbonyl (C=O) groups is 3. The molecule has 3 amide bonds. The third kappa shape index (κ3) is 4.39. The Morgan fingerprint density at radius 2 is 1.68 bits per heavy atom. The highest BCUT2D eigenvalue weighted by atomic mass is 16.2. The lowest BCUT2D eigenvalue weighted by molar-refractivity contribution is -0.121. The predicted octanol–water partition coefficient (Wildman–Crippen LogP) is 4.35. The van der Waals surface area contributed by atoms with Crippen molar-refractivity contribution in [2.45, 2.75) is 40.2 Å². The van der Waals surface area contributed by atoms with E-state index in [1.807, 2.05) is 52.0 Å². The van der Waals surface area contributed by atoms with Crippen molar-refractivity contribution >= 4 is 34.9 Å². The number of carbonyl (C=O) groups excluding carboxylic acids is 3. The van der Waals surface area contributed by atoms with E-state index >= 15 is 0 Å². The van der Waals surface area contributed by atoms with E-state index in [1.165, 1.54) is 6.33 Å². The van der Waals surface area contributed by atoms with Crippen LogP contribution in [0.3, 0.4) is 0 Å². The van der Waals surface area contributed by atoms with Crippen molar-refractivity contribution in [2.24, 2.45) is 5.92 Å². The summed E-state index contributed by atoms with van der Waals surface area (Å²) >= 11 is 0. The number of fused-ring (bicyclic) bond motifs is 1. The van der Waals surface area contributed by atoms with E-state index in [-0.39, 0.29) is 5.92 Å². The van der Waals surface area contributed by atoms with Gasteiger partial charge in [-0.2, -0.15) is 0 Å². The van der Waals surface area contributed by atoms with E-state index in [2.05, 4.69) is 20.6 Å². The maximum atomic E-state index is 13.5. The van der Waals surface area contributed by atoms with Gasteiger partial charge in [0.2, 0.25) is 5.91 Å². The van der Waals surface area contributed by atoms with Crippen molar-refractivity contribution in [3.05, 3.63) is 77.2 Å². The molecule has 1 unspecified atom stereocenters. The number of amides is 3. The number of rotatable bonds is 7. The molecule has 0 spiro atoms. The lowest BCUT2D eigenvalue weighted by Gasteiger charge is -2.28. The van der Waals surface area contributed by atoms with E-state index in [0.29, 0.717) is 29.1 Å². The van der Waals surface area contributed by atoms with E-state index in [0.717, 1.165) is 21.8 Å². The Morgan fingerprint density at radius 1 is 1.00 bits per heavy atom. The van der Waals surface area contributed by atoms with Crippen LogP contribution in [0.5, 0.6) is 0 Å². The average molecular weight is 458 g/mol. The normalized spacial score (nSPS) is 13.7. The third-order valence-corrected chi connectivity index (χ3v) is 5.83. The number of hydrogen-bond donors (Lipinski definition) is 2. The van der Waals surface area contributed by atoms with Gasteiger partial charge in [0, 0.05) is 23.1 Å². The summed E-state index contributed by atoms with van der Waals surface area (Å²) in [5, 5.41) is 6.19. The maximum Gasteiger partial charge on any atom is 0.262 e. The molecule has 0 fully saturated rings. The maximum absolute atomic E-state index is 13.5.